The van der Waals surface area contributed by atoms with Gasteiger partial charge in [0.25, 0.3) is 5.56 Å². The molecule has 2 heterocycles. The summed E-state index contributed by atoms with van der Waals surface area (Å²) in [6.45, 7) is 3.21. The quantitative estimate of drug-likeness (QED) is 0.914. The molecule has 0 bridgehead atoms. The highest BCUT2D eigenvalue weighted by atomic mass is 19.4. The number of aliphatic hydroxyl groups is 1. The molecule has 0 aliphatic heterocycles. The number of nitrogens with zero attached hydrogens (tertiary/aromatic N) is 3. The molecule has 0 saturated carbocycles. The highest BCUT2D eigenvalue weighted by molar-refractivity contribution is 5.74. The molecule has 0 aliphatic rings. The fourth-order valence-corrected chi connectivity index (χ4v) is 2.44. The van der Waals surface area contributed by atoms with Gasteiger partial charge in [-0.3, -0.25) is 13.9 Å². The Morgan fingerprint density at radius 2 is 1.75 bits per heavy atom. The Kier molecular flexibility index (Phi) is 4.58. The summed E-state index contributed by atoms with van der Waals surface area (Å²) < 4.78 is 40.1. The van der Waals surface area contributed by atoms with E-state index in [1.807, 2.05) is 0 Å². The van der Waals surface area contributed by atoms with Crippen LogP contribution < -0.4 is 11.2 Å². The molecule has 0 aromatic carbocycles. The lowest BCUT2D eigenvalue weighted by molar-refractivity contribution is -0.141. The normalized spacial score (nSPS) is 12.8. The highest BCUT2D eigenvalue weighted by Crippen LogP contribution is 2.28. The van der Waals surface area contributed by atoms with E-state index in [4.69, 9.17) is 0 Å². The summed E-state index contributed by atoms with van der Waals surface area (Å²) in [5, 5.41) is 10.3. The van der Waals surface area contributed by atoms with Crippen molar-refractivity contribution in [3.05, 3.63) is 38.7 Å². The minimum Gasteiger partial charge on any atom is -0.388 e. The average Bonchev–Trinajstić information content (AvgIpc) is 2.55. The molecule has 2 rings (SSSR count). The van der Waals surface area contributed by atoms with Crippen molar-refractivity contribution < 1.29 is 18.3 Å². The molecule has 0 radical (unpaired) electrons. The summed E-state index contributed by atoms with van der Waals surface area (Å²) in [6.07, 6.45) is -4.03. The van der Waals surface area contributed by atoms with Gasteiger partial charge in [0.15, 0.2) is 0 Å². The molecule has 2 aromatic rings. The zero-order valence-corrected chi connectivity index (χ0v) is 13.5. The number of halogens is 3. The summed E-state index contributed by atoms with van der Waals surface area (Å²) in [4.78, 5) is 28.3. The maximum Gasteiger partial charge on any atom is 0.433 e. The number of rotatable bonds is 4. The lowest BCUT2D eigenvalue weighted by atomic mass is 9.97. The van der Waals surface area contributed by atoms with Crippen LogP contribution in [0.2, 0.25) is 0 Å². The Morgan fingerprint density at radius 3 is 2.25 bits per heavy atom. The number of fused-ring (bicyclic) bond motifs is 1. The molecule has 0 unspecified atom stereocenters. The molecule has 0 fully saturated rings. The first-order valence-electron chi connectivity index (χ1n) is 7.44. The number of pyridine rings is 1. The molecule has 2 aromatic heterocycles. The van der Waals surface area contributed by atoms with Crippen molar-refractivity contribution in [2.45, 2.75) is 45.0 Å². The highest BCUT2D eigenvalue weighted by Gasteiger charge is 2.33. The predicted molar refractivity (Wildman–Crippen MR) is 81.8 cm³/mol. The summed E-state index contributed by atoms with van der Waals surface area (Å²) in [7, 11) is 1.24. The number of hydrogen-bond donors (Lipinski definition) is 1. The molecule has 24 heavy (non-hydrogen) atoms. The first kappa shape index (κ1) is 18.2. The van der Waals surface area contributed by atoms with Gasteiger partial charge < -0.3 is 5.11 Å². The molecule has 0 aliphatic carbocycles. The van der Waals surface area contributed by atoms with E-state index in [1.165, 1.54) is 7.05 Å². The molecule has 0 atom stereocenters. The van der Waals surface area contributed by atoms with Crippen molar-refractivity contribution in [1.82, 2.24) is 14.1 Å². The van der Waals surface area contributed by atoms with E-state index >= 15 is 0 Å². The van der Waals surface area contributed by atoms with E-state index in [-0.39, 0.29) is 17.6 Å². The maximum absolute atomic E-state index is 12.8. The van der Waals surface area contributed by atoms with Crippen LogP contribution in [0, 0.1) is 0 Å². The van der Waals surface area contributed by atoms with Crippen LogP contribution in [-0.4, -0.2) is 24.8 Å². The molecule has 9 heteroatoms. The van der Waals surface area contributed by atoms with Crippen LogP contribution >= 0.6 is 0 Å². The smallest absolute Gasteiger partial charge is 0.388 e. The second kappa shape index (κ2) is 6.04. The zero-order chi connectivity index (χ0) is 18.3. The van der Waals surface area contributed by atoms with Crippen LogP contribution in [0.3, 0.4) is 0 Å². The SMILES string of the molecule is CCC(O)(CC)Cn1c(=O)c2ccc(C(F)(F)F)nc2n(C)c1=O. The van der Waals surface area contributed by atoms with Crippen molar-refractivity contribution in [1.29, 1.82) is 0 Å². The fraction of sp³-hybridized carbons (Fsp3) is 0.533. The van der Waals surface area contributed by atoms with Crippen molar-refractivity contribution in [2.75, 3.05) is 0 Å². The topological polar surface area (TPSA) is 77.1 Å². The zero-order valence-electron chi connectivity index (χ0n) is 13.5. The molecular formula is C15H18F3N3O3. The Balaban J connectivity index is 2.75. The number of aromatic nitrogens is 3. The Hall–Kier alpha value is -2.16. The van der Waals surface area contributed by atoms with Crippen LogP contribution in [0.5, 0.6) is 0 Å². The van der Waals surface area contributed by atoms with Crippen molar-refractivity contribution >= 4 is 11.0 Å². The van der Waals surface area contributed by atoms with Gasteiger partial charge in [0.05, 0.1) is 17.5 Å². The minimum atomic E-state index is -4.68. The lowest BCUT2D eigenvalue weighted by Gasteiger charge is -2.26. The molecular weight excluding hydrogens is 327 g/mol. The molecule has 0 spiro atoms. The van der Waals surface area contributed by atoms with Crippen molar-refractivity contribution in [2.24, 2.45) is 7.05 Å². The third-order valence-electron chi connectivity index (χ3n) is 4.25. The van der Waals surface area contributed by atoms with Crippen LogP contribution in [0.1, 0.15) is 32.4 Å². The first-order chi connectivity index (χ1) is 11.0. The molecule has 6 nitrogen and oxygen atoms in total. The van der Waals surface area contributed by atoms with Gasteiger partial charge in [-0.25, -0.2) is 9.78 Å². The first-order valence-corrected chi connectivity index (χ1v) is 7.44. The molecule has 1 N–H and O–H groups in total. The second-order valence-corrected chi connectivity index (χ2v) is 5.73. The van der Waals surface area contributed by atoms with E-state index in [1.54, 1.807) is 13.8 Å². The van der Waals surface area contributed by atoms with E-state index in [0.29, 0.717) is 18.9 Å². The van der Waals surface area contributed by atoms with Gasteiger partial charge in [-0.2, -0.15) is 13.2 Å². The van der Waals surface area contributed by atoms with Crippen LogP contribution in [0.15, 0.2) is 21.7 Å². The van der Waals surface area contributed by atoms with Gasteiger partial charge in [0, 0.05) is 7.05 Å². The minimum absolute atomic E-state index is 0.111. The van der Waals surface area contributed by atoms with Gasteiger partial charge in [-0.15, -0.1) is 0 Å². The van der Waals surface area contributed by atoms with Gasteiger partial charge >= 0.3 is 11.9 Å². The summed E-state index contributed by atoms with van der Waals surface area (Å²) in [5.41, 5.74) is -4.36. The van der Waals surface area contributed by atoms with E-state index in [9.17, 15) is 27.9 Å². The monoisotopic (exact) mass is 345 g/mol. The third-order valence-corrected chi connectivity index (χ3v) is 4.25. The van der Waals surface area contributed by atoms with E-state index in [2.05, 4.69) is 4.98 Å². The Bertz CT molecular complexity index is 880. The Morgan fingerprint density at radius 1 is 1.17 bits per heavy atom. The third kappa shape index (κ3) is 3.08. The largest absolute Gasteiger partial charge is 0.433 e. The second-order valence-electron chi connectivity index (χ2n) is 5.73. The maximum atomic E-state index is 12.8. The van der Waals surface area contributed by atoms with E-state index in [0.717, 1.165) is 15.2 Å². The molecule has 132 valence electrons. The van der Waals surface area contributed by atoms with Gasteiger partial charge in [-0.1, -0.05) is 13.8 Å². The van der Waals surface area contributed by atoms with Gasteiger partial charge in [0.1, 0.15) is 11.3 Å². The number of hydrogen-bond acceptors (Lipinski definition) is 4. The summed E-state index contributed by atoms with van der Waals surface area (Å²) in [5.74, 6) is 0. The summed E-state index contributed by atoms with van der Waals surface area (Å²) in [6, 6.07) is 1.70. The van der Waals surface area contributed by atoms with Crippen molar-refractivity contribution in [3.63, 3.8) is 0 Å². The van der Waals surface area contributed by atoms with Crippen LogP contribution in [-0.2, 0) is 19.8 Å². The number of alkyl halides is 3. The standard InChI is InChI=1S/C15H18F3N3O3/c1-4-14(24,5-2)8-21-12(22)9-6-7-10(15(16,17)18)19-11(9)20(3)13(21)23/h6-7,24H,4-5,8H2,1-3H3. The van der Waals surface area contributed by atoms with E-state index < -0.39 is 28.7 Å². The van der Waals surface area contributed by atoms with Gasteiger partial charge in [-0.05, 0) is 25.0 Å². The predicted octanol–water partition coefficient (Wildman–Crippen LogP) is 1.67. The molecule has 0 saturated heterocycles. The van der Waals surface area contributed by atoms with Crippen LogP contribution in [0.4, 0.5) is 13.2 Å². The van der Waals surface area contributed by atoms with Crippen molar-refractivity contribution in [3.8, 4) is 0 Å². The van der Waals surface area contributed by atoms with Crippen LogP contribution in [0.25, 0.3) is 11.0 Å². The van der Waals surface area contributed by atoms with Gasteiger partial charge in [0.2, 0.25) is 0 Å². The lowest BCUT2D eigenvalue weighted by Crippen LogP contribution is -2.46. The summed E-state index contributed by atoms with van der Waals surface area (Å²) >= 11 is 0. The average molecular weight is 345 g/mol. The number of aryl methyl sites for hydroxylation is 1. The molecule has 0 amide bonds. The Labute approximate surface area is 135 Å². The fourth-order valence-electron chi connectivity index (χ4n) is 2.44.